The van der Waals surface area contributed by atoms with Gasteiger partial charge in [-0.15, -0.1) is 0 Å². The number of carbonyl (C=O) groups is 1. The Balaban J connectivity index is 2.05. The molecule has 0 amide bonds. The number of hydrogen-bond acceptors (Lipinski definition) is 4. The molecule has 0 aromatic heterocycles. The first kappa shape index (κ1) is 18.7. The van der Waals surface area contributed by atoms with E-state index < -0.39 is 4.92 Å². The highest BCUT2D eigenvalue weighted by atomic mass is 35.5. The molecule has 2 aromatic rings. The van der Waals surface area contributed by atoms with Crippen LogP contribution in [0.25, 0.3) is 6.08 Å². The van der Waals surface area contributed by atoms with E-state index in [2.05, 4.69) is 6.92 Å². The quantitative estimate of drug-likeness (QED) is 0.210. The highest BCUT2D eigenvalue weighted by Crippen LogP contribution is 2.25. The van der Waals surface area contributed by atoms with Gasteiger partial charge in [-0.2, -0.15) is 0 Å². The first-order valence-corrected chi connectivity index (χ1v) is 8.28. The number of ether oxygens (including phenoxy) is 1. The molecule has 0 fully saturated rings. The van der Waals surface area contributed by atoms with E-state index >= 15 is 0 Å². The Bertz CT molecular complexity index is 785. The van der Waals surface area contributed by atoms with Gasteiger partial charge in [-0.05, 0) is 42.3 Å². The predicted octanol–water partition coefficient (Wildman–Crippen LogP) is 5.32. The molecule has 5 nitrogen and oxygen atoms in total. The first-order valence-electron chi connectivity index (χ1n) is 7.90. The summed E-state index contributed by atoms with van der Waals surface area (Å²) in [6, 6.07) is 11.4. The molecule has 2 aromatic carbocycles. The van der Waals surface area contributed by atoms with Gasteiger partial charge in [-0.25, -0.2) is 0 Å². The molecule has 25 heavy (non-hydrogen) atoms. The van der Waals surface area contributed by atoms with Gasteiger partial charge in [0.15, 0.2) is 5.78 Å². The zero-order valence-corrected chi connectivity index (χ0v) is 14.5. The summed E-state index contributed by atoms with van der Waals surface area (Å²) < 4.78 is 5.58. The second-order valence-electron chi connectivity index (χ2n) is 5.39. The summed E-state index contributed by atoms with van der Waals surface area (Å²) in [5.74, 6) is 0.452. The molecule has 0 aliphatic carbocycles. The number of rotatable bonds is 8. The van der Waals surface area contributed by atoms with E-state index in [0.29, 0.717) is 6.61 Å². The van der Waals surface area contributed by atoms with Gasteiger partial charge >= 0.3 is 0 Å². The fourth-order valence-electron chi connectivity index (χ4n) is 2.08. The van der Waals surface area contributed by atoms with Crippen molar-refractivity contribution in [3.05, 3.63) is 74.8 Å². The molecule has 0 unspecified atom stereocenters. The Hall–Kier alpha value is -2.66. The van der Waals surface area contributed by atoms with Gasteiger partial charge in [0.1, 0.15) is 10.8 Å². The van der Waals surface area contributed by atoms with Crippen molar-refractivity contribution in [2.24, 2.45) is 0 Å². The second kappa shape index (κ2) is 8.99. The summed E-state index contributed by atoms with van der Waals surface area (Å²) in [4.78, 5) is 22.4. The molecular formula is C19H18ClNO4. The van der Waals surface area contributed by atoms with Crippen LogP contribution in [0.1, 0.15) is 35.7 Å². The molecule has 2 rings (SSSR count). The lowest BCUT2D eigenvalue weighted by Gasteiger charge is -2.05. The fourth-order valence-corrected chi connectivity index (χ4v) is 2.27. The molecule has 0 radical (unpaired) electrons. The number of unbranched alkanes of at least 4 members (excludes halogenated alkanes) is 1. The average Bonchev–Trinajstić information content (AvgIpc) is 2.61. The number of nitrogens with zero attached hydrogens (tertiary/aromatic N) is 1. The van der Waals surface area contributed by atoms with E-state index in [9.17, 15) is 14.9 Å². The maximum absolute atomic E-state index is 12.2. The lowest BCUT2D eigenvalue weighted by atomic mass is 10.1. The van der Waals surface area contributed by atoms with Crippen LogP contribution in [0, 0.1) is 10.1 Å². The summed E-state index contributed by atoms with van der Waals surface area (Å²) in [5.41, 5.74) is 0.765. The number of allylic oxidation sites excluding steroid dienone is 1. The highest BCUT2D eigenvalue weighted by Gasteiger charge is 2.14. The second-order valence-corrected chi connectivity index (χ2v) is 5.80. The number of benzene rings is 2. The largest absolute Gasteiger partial charge is 0.494 e. The van der Waals surface area contributed by atoms with Gasteiger partial charge in [0, 0.05) is 11.6 Å². The average molecular weight is 360 g/mol. The van der Waals surface area contributed by atoms with Gasteiger partial charge in [0.2, 0.25) is 0 Å². The molecule has 0 heterocycles. The van der Waals surface area contributed by atoms with Crippen molar-refractivity contribution in [3.8, 4) is 5.75 Å². The Morgan fingerprint density at radius 2 is 1.96 bits per heavy atom. The van der Waals surface area contributed by atoms with Crippen LogP contribution >= 0.6 is 11.6 Å². The molecule has 0 saturated carbocycles. The van der Waals surface area contributed by atoms with Crippen molar-refractivity contribution in [2.75, 3.05) is 6.61 Å². The summed E-state index contributed by atoms with van der Waals surface area (Å²) in [5, 5.41) is 10.9. The number of nitro benzene ring substituents is 1. The minimum Gasteiger partial charge on any atom is -0.494 e. The Kier molecular flexibility index (Phi) is 6.71. The summed E-state index contributed by atoms with van der Waals surface area (Å²) in [7, 11) is 0. The zero-order valence-electron chi connectivity index (χ0n) is 13.8. The SMILES string of the molecule is CCCCOc1ccc(/C=C/C(=O)c2ccc(Cl)c([N+](=O)[O-])c2)cc1. The van der Waals surface area contributed by atoms with E-state index in [-0.39, 0.29) is 22.1 Å². The van der Waals surface area contributed by atoms with Gasteiger partial charge in [-0.1, -0.05) is 43.2 Å². The van der Waals surface area contributed by atoms with Crippen LogP contribution in [0.5, 0.6) is 5.75 Å². The summed E-state index contributed by atoms with van der Waals surface area (Å²) in [6.45, 7) is 2.78. The van der Waals surface area contributed by atoms with Crippen molar-refractivity contribution in [3.63, 3.8) is 0 Å². The van der Waals surface area contributed by atoms with Crippen molar-refractivity contribution in [2.45, 2.75) is 19.8 Å². The molecule has 0 aliphatic rings. The minimum atomic E-state index is -0.611. The molecule has 130 valence electrons. The predicted molar refractivity (Wildman–Crippen MR) is 98.3 cm³/mol. The maximum atomic E-state index is 12.2. The van der Waals surface area contributed by atoms with Crippen LogP contribution in [0.3, 0.4) is 0 Å². The fraction of sp³-hybridized carbons (Fsp3) is 0.211. The Labute approximate surface area is 151 Å². The molecule has 0 atom stereocenters. The van der Waals surface area contributed by atoms with E-state index in [4.69, 9.17) is 16.3 Å². The molecule has 0 N–H and O–H groups in total. The first-order chi connectivity index (χ1) is 12.0. The topological polar surface area (TPSA) is 69.4 Å². The molecule has 0 aliphatic heterocycles. The van der Waals surface area contributed by atoms with Crippen LogP contribution in [0.2, 0.25) is 5.02 Å². The number of ketones is 1. The van der Waals surface area contributed by atoms with Crippen molar-refractivity contribution in [1.29, 1.82) is 0 Å². The highest BCUT2D eigenvalue weighted by molar-refractivity contribution is 6.32. The van der Waals surface area contributed by atoms with E-state index in [1.807, 2.05) is 24.3 Å². The third-order valence-electron chi connectivity index (χ3n) is 3.50. The third-order valence-corrected chi connectivity index (χ3v) is 3.82. The number of hydrogen-bond donors (Lipinski definition) is 0. The van der Waals surface area contributed by atoms with Crippen LogP contribution in [0.15, 0.2) is 48.5 Å². The van der Waals surface area contributed by atoms with Crippen molar-refractivity contribution >= 4 is 29.1 Å². The van der Waals surface area contributed by atoms with Crippen LogP contribution in [-0.2, 0) is 0 Å². The van der Waals surface area contributed by atoms with Crippen LogP contribution in [0.4, 0.5) is 5.69 Å². The smallest absolute Gasteiger partial charge is 0.288 e. The molecule has 0 spiro atoms. The standard InChI is InChI=1S/C19H18ClNO4/c1-2-3-12-25-16-8-4-14(5-9-16)6-11-19(22)15-7-10-17(20)18(13-15)21(23)24/h4-11,13H,2-3,12H2,1H3/b11-6+. The van der Waals surface area contributed by atoms with E-state index in [0.717, 1.165) is 24.2 Å². The normalized spacial score (nSPS) is 10.8. The molecule has 0 bridgehead atoms. The molecular weight excluding hydrogens is 342 g/mol. The van der Waals surface area contributed by atoms with Gasteiger partial charge in [0.05, 0.1) is 11.5 Å². The molecule has 6 heteroatoms. The summed E-state index contributed by atoms with van der Waals surface area (Å²) in [6.07, 6.45) is 5.10. The van der Waals surface area contributed by atoms with Crippen LogP contribution in [-0.4, -0.2) is 17.3 Å². The monoisotopic (exact) mass is 359 g/mol. The van der Waals surface area contributed by atoms with Gasteiger partial charge in [0.25, 0.3) is 5.69 Å². The van der Waals surface area contributed by atoms with Gasteiger partial charge < -0.3 is 4.74 Å². The lowest BCUT2D eigenvalue weighted by Crippen LogP contribution is -1.97. The summed E-state index contributed by atoms with van der Waals surface area (Å²) >= 11 is 5.75. The van der Waals surface area contributed by atoms with E-state index in [1.165, 1.54) is 24.3 Å². The maximum Gasteiger partial charge on any atom is 0.288 e. The van der Waals surface area contributed by atoms with Crippen molar-refractivity contribution < 1.29 is 14.5 Å². The zero-order chi connectivity index (χ0) is 18.2. The van der Waals surface area contributed by atoms with Gasteiger partial charge in [-0.3, -0.25) is 14.9 Å². The minimum absolute atomic E-state index is 0.00388. The van der Waals surface area contributed by atoms with Crippen LogP contribution < -0.4 is 4.74 Å². The number of carbonyl (C=O) groups excluding carboxylic acids is 1. The lowest BCUT2D eigenvalue weighted by molar-refractivity contribution is -0.384. The molecule has 0 saturated heterocycles. The number of halogens is 1. The Morgan fingerprint density at radius 1 is 1.24 bits per heavy atom. The number of nitro groups is 1. The van der Waals surface area contributed by atoms with Crippen molar-refractivity contribution in [1.82, 2.24) is 0 Å². The van der Waals surface area contributed by atoms with E-state index in [1.54, 1.807) is 6.08 Å². The Morgan fingerprint density at radius 3 is 2.60 bits per heavy atom. The third kappa shape index (κ3) is 5.43.